The summed E-state index contributed by atoms with van der Waals surface area (Å²) in [4.78, 5) is 26.2. The van der Waals surface area contributed by atoms with E-state index in [0.717, 1.165) is 6.54 Å². The summed E-state index contributed by atoms with van der Waals surface area (Å²) >= 11 is 0. The normalized spacial score (nSPS) is 15.6. The number of carboxylic acid groups (broad SMARTS) is 1. The third kappa shape index (κ3) is 3.08. The summed E-state index contributed by atoms with van der Waals surface area (Å²) in [5.41, 5.74) is -0.0719. The van der Waals surface area contributed by atoms with E-state index in [4.69, 9.17) is 5.11 Å². The Morgan fingerprint density at radius 1 is 1.47 bits per heavy atom. The van der Waals surface area contributed by atoms with Gasteiger partial charge in [-0.2, -0.15) is 0 Å². The maximum atomic E-state index is 11.8. The molecule has 0 saturated carbocycles. The van der Waals surface area contributed by atoms with E-state index in [2.05, 4.69) is 10.3 Å². The number of carboxylic acids is 1. The maximum absolute atomic E-state index is 11.8. The number of likely N-dealkylation sites (tertiary alicyclic amines) is 1. The number of rotatable bonds is 5. The lowest BCUT2D eigenvalue weighted by Gasteiger charge is -2.39. The summed E-state index contributed by atoms with van der Waals surface area (Å²) in [5, 5.41) is 16.1. The minimum atomic E-state index is -1.09. The molecule has 104 valence electrons. The summed E-state index contributed by atoms with van der Waals surface area (Å²) in [6, 6.07) is 0.0314. The zero-order chi connectivity index (χ0) is 14.0. The van der Waals surface area contributed by atoms with Crippen molar-refractivity contribution in [1.82, 2.24) is 24.8 Å². The number of amides is 1. The predicted molar refractivity (Wildman–Crippen MR) is 65.8 cm³/mol. The van der Waals surface area contributed by atoms with E-state index in [0.29, 0.717) is 19.5 Å². The highest BCUT2D eigenvalue weighted by molar-refractivity contribution is 5.84. The molecule has 19 heavy (non-hydrogen) atoms. The van der Waals surface area contributed by atoms with Crippen molar-refractivity contribution in [1.29, 1.82) is 0 Å². The topological polar surface area (TPSA) is 91.6 Å². The number of carbonyl (C=O) groups is 2. The molecule has 1 fully saturated rings. The lowest BCUT2D eigenvalue weighted by atomic mass is 10.1. The second-order valence-electron chi connectivity index (χ2n) is 4.89. The van der Waals surface area contributed by atoms with Crippen LogP contribution in [0.1, 0.15) is 23.0 Å². The number of nitrogens with zero attached hydrogens (tertiary/aromatic N) is 5. The second kappa shape index (κ2) is 5.35. The molecule has 2 heterocycles. The van der Waals surface area contributed by atoms with Crippen LogP contribution < -0.4 is 0 Å². The average molecular weight is 267 g/mol. The van der Waals surface area contributed by atoms with Crippen LogP contribution in [0.25, 0.3) is 0 Å². The third-order valence-electron chi connectivity index (χ3n) is 3.09. The summed E-state index contributed by atoms with van der Waals surface area (Å²) in [7, 11) is 3.85. The average Bonchev–Trinajstić information content (AvgIpc) is 2.73. The van der Waals surface area contributed by atoms with Gasteiger partial charge in [0.15, 0.2) is 5.69 Å². The zero-order valence-corrected chi connectivity index (χ0v) is 11.0. The van der Waals surface area contributed by atoms with Crippen LogP contribution in [0.4, 0.5) is 0 Å². The van der Waals surface area contributed by atoms with Gasteiger partial charge in [0.05, 0.1) is 12.2 Å². The molecule has 0 atom stereocenters. The van der Waals surface area contributed by atoms with Crippen molar-refractivity contribution in [3.63, 3.8) is 0 Å². The molecule has 0 spiro atoms. The Balaban J connectivity index is 1.82. The SMILES string of the molecule is CN(C)CCC(=O)N1CC(n2cc(C(=O)O)nn2)C1. The molecule has 0 bridgehead atoms. The van der Waals surface area contributed by atoms with Gasteiger partial charge in [-0.05, 0) is 14.1 Å². The first-order chi connectivity index (χ1) is 8.97. The van der Waals surface area contributed by atoms with E-state index in [1.165, 1.54) is 10.9 Å². The largest absolute Gasteiger partial charge is 0.476 e. The van der Waals surface area contributed by atoms with Gasteiger partial charge in [-0.25, -0.2) is 9.48 Å². The van der Waals surface area contributed by atoms with E-state index in [1.54, 1.807) is 4.90 Å². The molecule has 0 aromatic carbocycles. The van der Waals surface area contributed by atoms with E-state index < -0.39 is 5.97 Å². The Morgan fingerprint density at radius 2 is 2.16 bits per heavy atom. The molecule has 1 saturated heterocycles. The number of hydrogen-bond acceptors (Lipinski definition) is 5. The van der Waals surface area contributed by atoms with Crippen molar-refractivity contribution >= 4 is 11.9 Å². The van der Waals surface area contributed by atoms with Gasteiger partial charge in [0, 0.05) is 26.1 Å². The molecule has 1 amide bonds. The van der Waals surface area contributed by atoms with Gasteiger partial charge in [-0.15, -0.1) is 5.10 Å². The highest BCUT2D eigenvalue weighted by atomic mass is 16.4. The Kier molecular flexibility index (Phi) is 3.79. The van der Waals surface area contributed by atoms with Gasteiger partial charge in [0.1, 0.15) is 0 Å². The first-order valence-electron chi connectivity index (χ1n) is 6.05. The summed E-state index contributed by atoms with van der Waals surface area (Å²) in [6.07, 6.45) is 1.89. The molecule has 2 rings (SSSR count). The lowest BCUT2D eigenvalue weighted by Crippen LogP contribution is -2.51. The lowest BCUT2D eigenvalue weighted by molar-refractivity contribution is -0.137. The standard InChI is InChI=1S/C11H17N5O3/c1-14(2)4-3-10(17)15-5-8(6-15)16-7-9(11(18)19)12-13-16/h7-8H,3-6H2,1-2H3,(H,18,19). The van der Waals surface area contributed by atoms with Gasteiger partial charge in [-0.3, -0.25) is 4.79 Å². The van der Waals surface area contributed by atoms with Crippen LogP contribution in [0.3, 0.4) is 0 Å². The van der Waals surface area contributed by atoms with Crippen LogP contribution in [0.5, 0.6) is 0 Å². The highest BCUT2D eigenvalue weighted by Crippen LogP contribution is 2.21. The number of hydrogen-bond donors (Lipinski definition) is 1. The molecular weight excluding hydrogens is 250 g/mol. The van der Waals surface area contributed by atoms with Crippen LogP contribution in [0.2, 0.25) is 0 Å². The van der Waals surface area contributed by atoms with Crippen LogP contribution in [0.15, 0.2) is 6.20 Å². The molecule has 8 nitrogen and oxygen atoms in total. The van der Waals surface area contributed by atoms with Crippen LogP contribution in [-0.4, -0.2) is 75.5 Å². The Bertz CT molecular complexity index is 478. The van der Waals surface area contributed by atoms with Crippen molar-refractivity contribution in [2.24, 2.45) is 0 Å². The molecule has 1 aromatic rings. The molecule has 1 aromatic heterocycles. The predicted octanol–water partition coefficient (Wildman–Crippen LogP) is -0.689. The van der Waals surface area contributed by atoms with Crippen molar-refractivity contribution < 1.29 is 14.7 Å². The van der Waals surface area contributed by atoms with Crippen molar-refractivity contribution in [3.05, 3.63) is 11.9 Å². The monoisotopic (exact) mass is 267 g/mol. The van der Waals surface area contributed by atoms with Gasteiger partial charge >= 0.3 is 5.97 Å². The van der Waals surface area contributed by atoms with Gasteiger partial charge < -0.3 is 14.9 Å². The molecule has 1 aliphatic heterocycles. The quantitative estimate of drug-likeness (QED) is 0.759. The van der Waals surface area contributed by atoms with E-state index in [-0.39, 0.29) is 17.6 Å². The van der Waals surface area contributed by atoms with Crippen molar-refractivity contribution in [2.75, 3.05) is 33.7 Å². The van der Waals surface area contributed by atoms with E-state index in [9.17, 15) is 9.59 Å². The fourth-order valence-electron chi connectivity index (χ4n) is 1.86. The smallest absolute Gasteiger partial charge is 0.358 e. The molecule has 8 heteroatoms. The minimum absolute atomic E-state index is 0.0314. The van der Waals surface area contributed by atoms with E-state index in [1.807, 2.05) is 19.0 Å². The Labute approximate surface area is 110 Å². The van der Waals surface area contributed by atoms with Crippen molar-refractivity contribution in [3.8, 4) is 0 Å². The first kappa shape index (κ1) is 13.5. The van der Waals surface area contributed by atoms with E-state index >= 15 is 0 Å². The summed E-state index contributed by atoms with van der Waals surface area (Å²) < 4.78 is 1.51. The van der Waals surface area contributed by atoms with Crippen molar-refractivity contribution in [2.45, 2.75) is 12.5 Å². The van der Waals surface area contributed by atoms with Gasteiger partial charge in [-0.1, -0.05) is 5.21 Å². The van der Waals surface area contributed by atoms with Crippen LogP contribution in [0, 0.1) is 0 Å². The summed E-state index contributed by atoms with van der Waals surface area (Å²) in [5.74, 6) is -0.979. The highest BCUT2D eigenvalue weighted by Gasteiger charge is 2.32. The second-order valence-corrected chi connectivity index (χ2v) is 4.89. The first-order valence-corrected chi connectivity index (χ1v) is 6.05. The zero-order valence-electron chi connectivity index (χ0n) is 11.0. The fraction of sp³-hybridized carbons (Fsp3) is 0.636. The molecule has 0 aliphatic carbocycles. The number of carbonyl (C=O) groups excluding carboxylic acids is 1. The summed E-state index contributed by atoms with van der Waals surface area (Å²) in [6.45, 7) is 1.86. The number of aromatic nitrogens is 3. The number of aromatic carboxylic acids is 1. The minimum Gasteiger partial charge on any atom is -0.476 e. The maximum Gasteiger partial charge on any atom is 0.358 e. The van der Waals surface area contributed by atoms with Gasteiger partial charge in [0.2, 0.25) is 5.91 Å². The van der Waals surface area contributed by atoms with Crippen LogP contribution >= 0.6 is 0 Å². The Morgan fingerprint density at radius 3 is 2.68 bits per heavy atom. The molecule has 0 radical (unpaired) electrons. The molecule has 1 N–H and O–H groups in total. The third-order valence-corrected chi connectivity index (χ3v) is 3.09. The fourth-order valence-corrected chi connectivity index (χ4v) is 1.86. The molecule has 1 aliphatic rings. The Hall–Kier alpha value is -1.96. The van der Waals surface area contributed by atoms with Crippen LogP contribution in [-0.2, 0) is 4.79 Å². The van der Waals surface area contributed by atoms with Gasteiger partial charge in [0.25, 0.3) is 0 Å². The molecular formula is C11H17N5O3. The molecule has 0 unspecified atom stereocenters.